The first-order chi connectivity index (χ1) is 11.7. The first-order valence-electron chi connectivity index (χ1n) is 7.61. The van der Waals surface area contributed by atoms with Gasteiger partial charge in [0.2, 0.25) is 5.16 Å². The zero-order valence-electron chi connectivity index (χ0n) is 13.3. The molecule has 24 heavy (non-hydrogen) atoms. The molecule has 0 aliphatic heterocycles. The summed E-state index contributed by atoms with van der Waals surface area (Å²) in [6.07, 6.45) is 1.01. The lowest BCUT2D eigenvalue weighted by atomic mass is 10.1. The number of H-pyrrole nitrogens is 1. The van der Waals surface area contributed by atoms with Crippen LogP contribution in [0.25, 0.3) is 11.4 Å². The highest BCUT2D eigenvalue weighted by Crippen LogP contribution is 2.20. The number of hydrogen-bond donors (Lipinski definition) is 2. The van der Waals surface area contributed by atoms with Crippen LogP contribution in [0.4, 0.5) is 0 Å². The van der Waals surface area contributed by atoms with E-state index in [0.29, 0.717) is 17.5 Å². The Morgan fingerprint density at radius 1 is 1.29 bits per heavy atom. The van der Waals surface area contributed by atoms with E-state index in [4.69, 9.17) is 9.15 Å². The number of nitrogens with one attached hydrogen (secondary N) is 1. The minimum Gasteiger partial charge on any atom is -0.467 e. The Bertz CT molecular complexity index is 741. The molecule has 126 valence electrons. The summed E-state index contributed by atoms with van der Waals surface area (Å²) in [6, 6.07) is 11.7. The van der Waals surface area contributed by atoms with Crippen LogP contribution in [0.1, 0.15) is 11.3 Å². The Kier molecular flexibility index (Phi) is 5.68. The molecule has 7 heteroatoms. The zero-order valence-corrected chi connectivity index (χ0v) is 14.1. The van der Waals surface area contributed by atoms with Crippen molar-refractivity contribution >= 4 is 11.8 Å². The molecule has 6 nitrogen and oxygen atoms in total. The summed E-state index contributed by atoms with van der Waals surface area (Å²) in [7, 11) is 0. The van der Waals surface area contributed by atoms with Gasteiger partial charge in [0.05, 0.1) is 19.0 Å². The highest BCUT2D eigenvalue weighted by atomic mass is 32.2. The maximum Gasteiger partial charge on any atom is 0.208 e. The highest BCUT2D eigenvalue weighted by Gasteiger charge is 2.10. The molecular weight excluding hydrogens is 326 g/mol. The van der Waals surface area contributed by atoms with Gasteiger partial charge >= 0.3 is 0 Å². The normalized spacial score (nSPS) is 12.4. The Morgan fingerprint density at radius 3 is 2.88 bits per heavy atom. The number of aromatic amines is 1. The minimum absolute atomic E-state index is 0.239. The molecule has 0 aliphatic rings. The van der Waals surface area contributed by atoms with Gasteiger partial charge in [-0.15, -0.1) is 5.10 Å². The van der Waals surface area contributed by atoms with Gasteiger partial charge in [0.25, 0.3) is 0 Å². The van der Waals surface area contributed by atoms with Crippen LogP contribution in [0.5, 0.6) is 0 Å². The van der Waals surface area contributed by atoms with Crippen molar-refractivity contribution in [3.05, 3.63) is 54.0 Å². The third kappa shape index (κ3) is 4.70. The second kappa shape index (κ2) is 8.14. The van der Waals surface area contributed by atoms with E-state index in [-0.39, 0.29) is 6.61 Å². The van der Waals surface area contributed by atoms with Crippen LogP contribution in [0.2, 0.25) is 0 Å². The van der Waals surface area contributed by atoms with E-state index >= 15 is 0 Å². The van der Waals surface area contributed by atoms with E-state index in [2.05, 4.69) is 15.2 Å². The number of thioether (sulfide) groups is 1. The Labute approximate surface area is 144 Å². The van der Waals surface area contributed by atoms with Gasteiger partial charge in [-0.25, -0.2) is 4.98 Å². The molecule has 0 bridgehead atoms. The Hall–Kier alpha value is -2.09. The van der Waals surface area contributed by atoms with Crippen LogP contribution >= 0.6 is 11.8 Å². The topological polar surface area (TPSA) is 84.2 Å². The average molecular weight is 345 g/mol. The molecule has 2 N–H and O–H groups in total. The molecule has 2 heterocycles. The molecule has 0 aliphatic carbocycles. The monoisotopic (exact) mass is 345 g/mol. The summed E-state index contributed by atoms with van der Waals surface area (Å²) in [4.78, 5) is 4.43. The summed E-state index contributed by atoms with van der Waals surface area (Å²) in [5.74, 6) is 1.93. The van der Waals surface area contributed by atoms with E-state index in [1.165, 1.54) is 17.3 Å². The quantitative estimate of drug-likeness (QED) is 0.611. The third-order valence-corrected chi connectivity index (χ3v) is 4.32. The first-order valence-corrected chi connectivity index (χ1v) is 8.59. The van der Waals surface area contributed by atoms with Gasteiger partial charge in [-0.3, -0.25) is 5.10 Å². The van der Waals surface area contributed by atoms with Crippen LogP contribution in [-0.4, -0.2) is 38.8 Å². The van der Waals surface area contributed by atoms with E-state index < -0.39 is 6.10 Å². The fourth-order valence-corrected chi connectivity index (χ4v) is 2.76. The lowest BCUT2D eigenvalue weighted by Crippen LogP contribution is -2.17. The van der Waals surface area contributed by atoms with Crippen LogP contribution in [0.15, 0.2) is 52.2 Å². The number of aryl methyl sites for hydroxylation is 1. The minimum atomic E-state index is -0.591. The van der Waals surface area contributed by atoms with Gasteiger partial charge in [0.15, 0.2) is 5.82 Å². The van der Waals surface area contributed by atoms with Crippen molar-refractivity contribution in [1.29, 1.82) is 0 Å². The van der Waals surface area contributed by atoms with Gasteiger partial charge in [-0.1, -0.05) is 41.6 Å². The summed E-state index contributed by atoms with van der Waals surface area (Å²) in [6.45, 7) is 2.64. The van der Waals surface area contributed by atoms with Crippen LogP contribution in [0, 0.1) is 6.92 Å². The van der Waals surface area contributed by atoms with Gasteiger partial charge in [0, 0.05) is 11.3 Å². The van der Waals surface area contributed by atoms with Crippen LogP contribution in [0.3, 0.4) is 0 Å². The smallest absolute Gasteiger partial charge is 0.208 e. The number of ether oxygens (including phenoxy) is 1. The summed E-state index contributed by atoms with van der Waals surface area (Å²) >= 11 is 1.39. The molecule has 0 radical (unpaired) electrons. The number of aliphatic hydroxyl groups is 1. The van der Waals surface area contributed by atoms with Crippen LogP contribution < -0.4 is 0 Å². The van der Waals surface area contributed by atoms with Gasteiger partial charge in [0.1, 0.15) is 12.4 Å². The maximum absolute atomic E-state index is 9.95. The van der Waals surface area contributed by atoms with Crippen molar-refractivity contribution in [3.63, 3.8) is 0 Å². The molecule has 3 rings (SSSR count). The molecule has 0 amide bonds. The second-order valence-corrected chi connectivity index (χ2v) is 6.38. The summed E-state index contributed by atoms with van der Waals surface area (Å²) < 4.78 is 10.6. The first kappa shape index (κ1) is 16.8. The Balaban J connectivity index is 1.44. The molecular formula is C17H19N3O3S. The van der Waals surface area contributed by atoms with E-state index in [1.54, 1.807) is 12.3 Å². The number of furan rings is 1. The number of hydrogen-bond acceptors (Lipinski definition) is 6. The van der Waals surface area contributed by atoms with Gasteiger partial charge < -0.3 is 14.3 Å². The summed E-state index contributed by atoms with van der Waals surface area (Å²) in [5, 5.41) is 17.6. The van der Waals surface area contributed by atoms with Crippen molar-refractivity contribution in [2.24, 2.45) is 0 Å². The van der Waals surface area contributed by atoms with Crippen molar-refractivity contribution in [2.75, 3.05) is 12.4 Å². The molecule has 1 unspecified atom stereocenters. The van der Waals surface area contributed by atoms with Crippen molar-refractivity contribution in [2.45, 2.75) is 24.8 Å². The van der Waals surface area contributed by atoms with Crippen molar-refractivity contribution in [1.82, 2.24) is 15.2 Å². The molecule has 0 saturated carbocycles. The lowest BCUT2D eigenvalue weighted by Gasteiger charge is -2.08. The van der Waals surface area contributed by atoms with E-state index in [0.717, 1.165) is 17.1 Å². The predicted octanol–water partition coefficient (Wildman–Crippen LogP) is 3.04. The second-order valence-electron chi connectivity index (χ2n) is 5.39. The lowest BCUT2D eigenvalue weighted by molar-refractivity contribution is 0.0328. The number of aliphatic hydroxyl groups excluding tert-OH is 1. The molecule has 0 fully saturated rings. The van der Waals surface area contributed by atoms with Gasteiger partial charge in [-0.2, -0.15) is 0 Å². The molecule has 0 spiro atoms. The standard InChI is InChI=1S/C17H19N3O3S/c1-12-4-6-13(7-5-12)16-18-17(20-19-16)24-11-14(21)9-22-10-15-3-2-8-23-15/h2-8,14,21H,9-11H2,1H3,(H,18,19,20). The SMILES string of the molecule is Cc1ccc(-c2nc(SCC(O)COCc3ccco3)n[nH]2)cc1. The molecule has 1 aromatic carbocycles. The molecule has 3 aromatic rings. The van der Waals surface area contributed by atoms with Crippen molar-refractivity contribution in [3.8, 4) is 11.4 Å². The van der Waals surface area contributed by atoms with E-state index in [9.17, 15) is 5.11 Å². The largest absolute Gasteiger partial charge is 0.467 e. The Morgan fingerprint density at radius 2 is 2.12 bits per heavy atom. The fraction of sp³-hybridized carbons (Fsp3) is 0.294. The zero-order chi connectivity index (χ0) is 16.8. The highest BCUT2D eigenvalue weighted by molar-refractivity contribution is 7.99. The number of benzene rings is 1. The molecule has 0 saturated heterocycles. The average Bonchev–Trinajstić information content (AvgIpc) is 3.25. The van der Waals surface area contributed by atoms with Crippen molar-refractivity contribution < 1.29 is 14.3 Å². The number of aromatic nitrogens is 3. The third-order valence-electron chi connectivity index (χ3n) is 3.33. The number of rotatable bonds is 8. The predicted molar refractivity (Wildman–Crippen MR) is 91.7 cm³/mol. The maximum atomic E-state index is 9.95. The fourth-order valence-electron chi connectivity index (χ4n) is 2.06. The molecule has 1 atom stereocenters. The summed E-state index contributed by atoms with van der Waals surface area (Å²) in [5.41, 5.74) is 2.19. The number of nitrogens with zero attached hydrogens (tertiary/aromatic N) is 2. The van der Waals surface area contributed by atoms with Crippen LogP contribution in [-0.2, 0) is 11.3 Å². The van der Waals surface area contributed by atoms with Gasteiger partial charge in [-0.05, 0) is 19.1 Å². The molecule has 2 aromatic heterocycles. The van der Waals surface area contributed by atoms with E-state index in [1.807, 2.05) is 37.3 Å².